The zero-order valence-corrected chi connectivity index (χ0v) is 14.8. The number of hydrogen-bond acceptors (Lipinski definition) is 6. The molecule has 1 heterocycles. The smallest absolute Gasteiger partial charge is 0.323 e. The van der Waals surface area contributed by atoms with Gasteiger partial charge in [-0.25, -0.2) is 4.85 Å². The van der Waals surface area contributed by atoms with E-state index in [1.165, 1.54) is 6.92 Å². The second kappa shape index (κ2) is 8.59. The standard InChI is InChI=1S/C18H16N4O6/c1-10-15(19-2)17(27)22(9-14(25)26)18(28)16(10)21-20-12-5-3-4-11(8-12)6-7-13(23)24/h3-5,8,27H,6-7,9H2,1H3,(H,23,24)(H,25,26). The fourth-order valence-electron chi connectivity index (χ4n) is 2.46. The lowest BCUT2D eigenvalue weighted by Gasteiger charge is -2.11. The van der Waals surface area contributed by atoms with E-state index in [2.05, 4.69) is 15.1 Å². The summed E-state index contributed by atoms with van der Waals surface area (Å²) in [6, 6.07) is 6.58. The summed E-state index contributed by atoms with van der Waals surface area (Å²) in [5.74, 6) is -3.04. The van der Waals surface area contributed by atoms with Crippen molar-refractivity contribution in [1.82, 2.24) is 4.57 Å². The molecule has 0 radical (unpaired) electrons. The highest BCUT2D eigenvalue weighted by atomic mass is 16.4. The van der Waals surface area contributed by atoms with Crippen LogP contribution in [0, 0.1) is 13.5 Å². The Kier molecular flexibility index (Phi) is 6.23. The summed E-state index contributed by atoms with van der Waals surface area (Å²) in [7, 11) is 0. The lowest BCUT2D eigenvalue weighted by molar-refractivity contribution is -0.138. The Morgan fingerprint density at radius 3 is 2.54 bits per heavy atom. The van der Waals surface area contributed by atoms with Gasteiger partial charge in [-0.05, 0) is 36.6 Å². The van der Waals surface area contributed by atoms with Crippen molar-refractivity contribution in [1.29, 1.82) is 0 Å². The van der Waals surface area contributed by atoms with Crippen LogP contribution in [0.15, 0.2) is 39.3 Å². The molecule has 0 atom stereocenters. The van der Waals surface area contributed by atoms with Crippen molar-refractivity contribution < 1.29 is 24.9 Å². The van der Waals surface area contributed by atoms with Gasteiger partial charge in [0, 0.05) is 6.42 Å². The Balaban J connectivity index is 2.47. The van der Waals surface area contributed by atoms with Gasteiger partial charge in [-0.1, -0.05) is 12.1 Å². The van der Waals surface area contributed by atoms with Gasteiger partial charge in [-0.3, -0.25) is 19.0 Å². The third-order valence-corrected chi connectivity index (χ3v) is 3.83. The van der Waals surface area contributed by atoms with Crippen LogP contribution in [0.1, 0.15) is 17.5 Å². The number of rotatable bonds is 7. The quantitative estimate of drug-likeness (QED) is 0.494. The van der Waals surface area contributed by atoms with Crippen molar-refractivity contribution in [3.63, 3.8) is 0 Å². The summed E-state index contributed by atoms with van der Waals surface area (Å²) in [5.41, 5.74) is -0.304. The first-order chi connectivity index (χ1) is 13.2. The van der Waals surface area contributed by atoms with Gasteiger partial charge in [0.15, 0.2) is 5.88 Å². The molecule has 2 rings (SSSR count). The number of hydrogen-bond donors (Lipinski definition) is 3. The third-order valence-electron chi connectivity index (χ3n) is 3.83. The van der Waals surface area contributed by atoms with Gasteiger partial charge in [-0.2, -0.15) is 5.11 Å². The first-order valence-corrected chi connectivity index (χ1v) is 8.02. The summed E-state index contributed by atoms with van der Waals surface area (Å²) < 4.78 is 0.542. The van der Waals surface area contributed by atoms with Gasteiger partial charge in [0.2, 0.25) is 5.69 Å². The molecular formula is C18H16N4O6. The predicted molar refractivity (Wildman–Crippen MR) is 97.6 cm³/mol. The minimum Gasteiger partial charge on any atom is -0.503 e. The largest absolute Gasteiger partial charge is 0.503 e. The number of carboxylic acid groups (broad SMARTS) is 2. The van der Waals surface area contributed by atoms with E-state index in [1.807, 2.05) is 0 Å². The van der Waals surface area contributed by atoms with Crippen LogP contribution in [0.2, 0.25) is 0 Å². The van der Waals surface area contributed by atoms with Crippen molar-refractivity contribution in [3.8, 4) is 5.88 Å². The van der Waals surface area contributed by atoms with Crippen molar-refractivity contribution in [3.05, 3.63) is 57.2 Å². The van der Waals surface area contributed by atoms with Gasteiger partial charge >= 0.3 is 11.9 Å². The van der Waals surface area contributed by atoms with Crippen LogP contribution in [0.5, 0.6) is 5.88 Å². The molecule has 1 aromatic carbocycles. The monoisotopic (exact) mass is 384 g/mol. The van der Waals surface area contributed by atoms with Crippen LogP contribution in [-0.2, 0) is 22.6 Å². The highest BCUT2D eigenvalue weighted by Crippen LogP contribution is 2.34. The fraction of sp³-hybridized carbons (Fsp3) is 0.222. The highest BCUT2D eigenvalue weighted by Gasteiger charge is 2.20. The molecule has 1 aromatic heterocycles. The molecule has 28 heavy (non-hydrogen) atoms. The number of carboxylic acids is 2. The number of aromatic nitrogens is 1. The molecule has 0 unspecified atom stereocenters. The molecule has 2 aromatic rings. The van der Waals surface area contributed by atoms with Gasteiger partial charge in [0.05, 0.1) is 12.3 Å². The van der Waals surface area contributed by atoms with Crippen LogP contribution < -0.4 is 5.56 Å². The van der Waals surface area contributed by atoms with Crippen molar-refractivity contribution >= 4 is 29.0 Å². The van der Waals surface area contributed by atoms with E-state index in [9.17, 15) is 19.5 Å². The Bertz CT molecular complexity index is 1060. The first-order valence-electron chi connectivity index (χ1n) is 8.02. The second-order valence-corrected chi connectivity index (χ2v) is 5.81. The second-order valence-electron chi connectivity index (χ2n) is 5.81. The number of aromatic hydroxyl groups is 1. The lowest BCUT2D eigenvalue weighted by atomic mass is 10.1. The number of aliphatic carboxylic acids is 2. The van der Waals surface area contributed by atoms with E-state index in [1.54, 1.807) is 24.3 Å². The van der Waals surface area contributed by atoms with Crippen LogP contribution in [-0.4, -0.2) is 31.8 Å². The minimum atomic E-state index is -1.37. The average molecular weight is 384 g/mol. The molecule has 10 nitrogen and oxygen atoms in total. The topological polar surface area (TPSA) is 146 Å². The molecule has 0 saturated heterocycles. The molecule has 0 aliphatic rings. The highest BCUT2D eigenvalue weighted by molar-refractivity contribution is 5.71. The summed E-state index contributed by atoms with van der Waals surface area (Å²) in [6.07, 6.45) is 0.246. The minimum absolute atomic E-state index is 0.0497. The summed E-state index contributed by atoms with van der Waals surface area (Å²) in [4.78, 5) is 37.3. The number of carbonyl (C=O) groups is 2. The van der Waals surface area contributed by atoms with E-state index in [4.69, 9.17) is 16.8 Å². The fourth-order valence-corrected chi connectivity index (χ4v) is 2.46. The molecule has 10 heteroatoms. The molecule has 3 N–H and O–H groups in total. The van der Waals surface area contributed by atoms with Crippen molar-refractivity contribution in [2.75, 3.05) is 0 Å². The van der Waals surface area contributed by atoms with Crippen molar-refractivity contribution in [2.45, 2.75) is 26.3 Å². The van der Waals surface area contributed by atoms with Crippen LogP contribution in [0.4, 0.5) is 17.1 Å². The number of nitrogens with zero attached hydrogens (tertiary/aromatic N) is 4. The maximum absolute atomic E-state index is 12.5. The normalized spacial score (nSPS) is 10.7. The van der Waals surface area contributed by atoms with Crippen LogP contribution in [0.25, 0.3) is 4.85 Å². The average Bonchev–Trinajstić information content (AvgIpc) is 2.64. The Hall–Kier alpha value is -4.00. The third kappa shape index (κ3) is 4.59. The molecular weight excluding hydrogens is 368 g/mol. The Labute approximate surface area is 158 Å². The molecule has 0 bridgehead atoms. The molecule has 0 fully saturated rings. The van der Waals surface area contributed by atoms with Gasteiger partial charge in [0.25, 0.3) is 5.56 Å². The van der Waals surface area contributed by atoms with E-state index in [0.29, 0.717) is 22.2 Å². The van der Waals surface area contributed by atoms with E-state index in [-0.39, 0.29) is 23.4 Å². The number of benzene rings is 1. The van der Waals surface area contributed by atoms with Gasteiger partial charge in [0.1, 0.15) is 12.2 Å². The summed E-state index contributed by atoms with van der Waals surface area (Å²) >= 11 is 0. The molecule has 0 spiro atoms. The van der Waals surface area contributed by atoms with Gasteiger partial charge < -0.3 is 15.3 Å². The molecule has 0 aliphatic carbocycles. The number of aryl methyl sites for hydroxylation is 1. The Morgan fingerprint density at radius 2 is 1.93 bits per heavy atom. The maximum atomic E-state index is 12.5. The number of pyridine rings is 1. The summed E-state index contributed by atoms with van der Waals surface area (Å²) in [6.45, 7) is 7.73. The zero-order chi connectivity index (χ0) is 20.8. The number of azo groups is 1. The molecule has 0 saturated carbocycles. The first kappa shape index (κ1) is 20.3. The van der Waals surface area contributed by atoms with Gasteiger partial charge in [-0.15, -0.1) is 5.11 Å². The Morgan fingerprint density at radius 1 is 1.21 bits per heavy atom. The molecule has 0 aliphatic heterocycles. The molecule has 0 amide bonds. The van der Waals surface area contributed by atoms with Crippen molar-refractivity contribution in [2.24, 2.45) is 10.2 Å². The SMILES string of the molecule is [C-]#[N+]c1c(C)c(N=Nc2cccc(CCC(=O)O)c2)c(=O)n(CC(=O)O)c1O. The lowest BCUT2D eigenvalue weighted by Crippen LogP contribution is -2.24. The summed E-state index contributed by atoms with van der Waals surface area (Å²) in [5, 5.41) is 35.5. The van der Waals surface area contributed by atoms with Crippen LogP contribution >= 0.6 is 0 Å². The predicted octanol–water partition coefficient (Wildman–Crippen LogP) is 2.93. The van der Waals surface area contributed by atoms with E-state index >= 15 is 0 Å². The molecule has 144 valence electrons. The van der Waals surface area contributed by atoms with E-state index in [0.717, 1.165) is 0 Å². The maximum Gasteiger partial charge on any atom is 0.323 e. The van der Waals surface area contributed by atoms with E-state index < -0.39 is 29.9 Å². The zero-order valence-electron chi connectivity index (χ0n) is 14.8. The van der Waals surface area contributed by atoms with Crippen LogP contribution in [0.3, 0.4) is 0 Å².